The third-order valence-electron chi connectivity index (χ3n) is 1.83. The molecule has 0 radical (unpaired) electrons. The zero-order valence-corrected chi connectivity index (χ0v) is 11.1. The number of amides is 1. The van der Waals surface area contributed by atoms with Crippen LogP contribution in [0, 0.1) is 0 Å². The number of hydrazone groups is 1. The molecule has 84 valence electrons. The second kappa shape index (κ2) is 4.88. The molecule has 0 unspecified atom stereocenters. The number of nitrogens with one attached hydrogen (secondary N) is 1. The van der Waals surface area contributed by atoms with Crippen molar-refractivity contribution in [3.05, 3.63) is 15.1 Å². The highest BCUT2D eigenvalue weighted by Gasteiger charge is 2.18. The Morgan fingerprint density at radius 1 is 1.44 bits per heavy atom. The minimum Gasteiger partial charge on any atom is -0.332 e. The van der Waals surface area contributed by atoms with E-state index in [1.54, 1.807) is 6.08 Å². The van der Waals surface area contributed by atoms with E-state index in [0.29, 0.717) is 33.7 Å². The highest BCUT2D eigenvalue weighted by Crippen LogP contribution is 2.17. The van der Waals surface area contributed by atoms with Crippen molar-refractivity contribution in [2.24, 2.45) is 5.10 Å². The molecule has 0 spiro atoms. The number of carbonyl (C=O) groups is 1. The van der Waals surface area contributed by atoms with Crippen LogP contribution in [0.2, 0.25) is 0 Å². The summed E-state index contributed by atoms with van der Waals surface area (Å²) in [6, 6.07) is 0. The van der Waals surface area contributed by atoms with Crippen LogP contribution < -0.4 is 5.43 Å². The molecule has 1 aromatic heterocycles. The maximum Gasteiger partial charge on any atom is 0.274 e. The average Bonchev–Trinajstić information content (AvgIpc) is 2.66. The number of carbonyl (C=O) groups excluding carboxylic acids is 1. The minimum atomic E-state index is -0.105. The summed E-state index contributed by atoms with van der Waals surface area (Å²) < 4.78 is 5.72. The first kappa shape index (κ1) is 11.5. The van der Waals surface area contributed by atoms with Gasteiger partial charge in [0.25, 0.3) is 5.89 Å². The fourth-order valence-corrected chi connectivity index (χ4v) is 1.55. The normalized spacial score (nSPS) is 15.4. The highest BCUT2D eigenvalue weighted by atomic mass is 79.9. The molecule has 0 bridgehead atoms. The molecule has 0 saturated carbocycles. The van der Waals surface area contributed by atoms with E-state index < -0.39 is 0 Å². The highest BCUT2D eigenvalue weighted by molar-refractivity contribution is 9.28. The van der Waals surface area contributed by atoms with Crippen LogP contribution in [-0.4, -0.2) is 21.8 Å². The summed E-state index contributed by atoms with van der Waals surface area (Å²) in [6.07, 6.45) is 2.54. The van der Waals surface area contributed by atoms with Gasteiger partial charge in [0.1, 0.15) is 5.71 Å². The molecule has 1 aromatic rings. The van der Waals surface area contributed by atoms with Gasteiger partial charge in [-0.3, -0.25) is 4.79 Å². The fourth-order valence-electron chi connectivity index (χ4n) is 1.14. The molecule has 1 amide bonds. The number of rotatable bonds is 2. The summed E-state index contributed by atoms with van der Waals surface area (Å²) in [6.45, 7) is 0. The van der Waals surface area contributed by atoms with Gasteiger partial charge in [-0.05, 0) is 31.9 Å². The Morgan fingerprint density at radius 2 is 2.25 bits per heavy atom. The van der Waals surface area contributed by atoms with Gasteiger partial charge in [-0.2, -0.15) is 10.1 Å². The fraction of sp³-hybridized carbons (Fsp3) is 0.250. The second-order valence-corrected chi connectivity index (χ2v) is 5.76. The molecule has 2 heterocycles. The summed E-state index contributed by atoms with van der Waals surface area (Å²) in [7, 11) is 0. The Bertz CT molecular complexity index is 476. The van der Waals surface area contributed by atoms with Gasteiger partial charge in [0.2, 0.25) is 5.91 Å². The van der Waals surface area contributed by atoms with E-state index in [9.17, 15) is 4.79 Å². The summed E-state index contributed by atoms with van der Waals surface area (Å²) in [5.41, 5.74) is 2.96. The van der Waals surface area contributed by atoms with Gasteiger partial charge in [-0.1, -0.05) is 5.16 Å². The minimum absolute atomic E-state index is 0.105. The third kappa shape index (κ3) is 2.76. The zero-order chi connectivity index (χ0) is 11.5. The molecule has 0 saturated heterocycles. The van der Waals surface area contributed by atoms with Crippen LogP contribution in [0.4, 0.5) is 0 Å². The summed E-state index contributed by atoms with van der Waals surface area (Å²) in [5, 5.41) is 7.58. The van der Waals surface area contributed by atoms with Gasteiger partial charge in [-0.25, -0.2) is 5.43 Å². The van der Waals surface area contributed by atoms with Crippen molar-refractivity contribution >= 4 is 49.6 Å². The molecule has 8 heteroatoms. The van der Waals surface area contributed by atoms with Crippen molar-refractivity contribution in [2.75, 3.05) is 0 Å². The molecule has 0 fully saturated rings. The second-order valence-electron chi connectivity index (χ2n) is 2.99. The first-order valence-electron chi connectivity index (χ1n) is 4.37. The Morgan fingerprint density at radius 3 is 2.88 bits per heavy atom. The van der Waals surface area contributed by atoms with E-state index in [2.05, 4.69) is 52.5 Å². The molecule has 1 aliphatic heterocycles. The van der Waals surface area contributed by atoms with Crippen molar-refractivity contribution < 1.29 is 9.32 Å². The van der Waals surface area contributed by atoms with Crippen LogP contribution in [0.5, 0.6) is 0 Å². The van der Waals surface area contributed by atoms with Gasteiger partial charge in [-0.15, -0.1) is 0 Å². The molecule has 0 aromatic carbocycles. The molecule has 0 aliphatic carbocycles. The lowest BCUT2D eigenvalue weighted by atomic mass is 10.2. The SMILES string of the molecule is O=C1CCC(c2nc(C=C(Br)Br)no2)=NN1. The number of nitrogens with zero attached hydrogens (tertiary/aromatic N) is 3. The molecule has 0 atom stereocenters. The Hall–Kier alpha value is -1.02. The summed E-state index contributed by atoms with van der Waals surface area (Å²) in [5.74, 6) is 0.650. The van der Waals surface area contributed by atoms with E-state index in [0.717, 1.165) is 0 Å². The molecule has 1 N–H and O–H groups in total. The molecule has 1 aliphatic rings. The average molecular weight is 350 g/mol. The number of halogens is 2. The Balaban J connectivity index is 2.19. The van der Waals surface area contributed by atoms with E-state index in [1.165, 1.54) is 0 Å². The Kier molecular flexibility index (Phi) is 3.49. The predicted octanol–water partition coefficient (Wildman–Crippen LogP) is 1.77. The molecule has 16 heavy (non-hydrogen) atoms. The summed E-state index contributed by atoms with van der Waals surface area (Å²) in [4.78, 5) is 15.0. The van der Waals surface area contributed by atoms with Gasteiger partial charge < -0.3 is 4.52 Å². The lowest BCUT2D eigenvalue weighted by Crippen LogP contribution is -2.26. The predicted molar refractivity (Wildman–Crippen MR) is 64.0 cm³/mol. The standard InChI is InChI=1S/C8H6Br2N4O2/c9-5(10)3-6-11-8(16-14-6)4-1-2-7(15)13-12-4/h3H,1-2H2,(H,13,15). The maximum absolute atomic E-state index is 10.9. The van der Waals surface area contributed by atoms with Gasteiger partial charge in [0.05, 0.1) is 3.39 Å². The maximum atomic E-state index is 10.9. The molecule has 2 rings (SSSR count). The van der Waals surface area contributed by atoms with Crippen molar-refractivity contribution in [1.82, 2.24) is 15.6 Å². The van der Waals surface area contributed by atoms with E-state index in [1.807, 2.05) is 0 Å². The quantitative estimate of drug-likeness (QED) is 0.882. The van der Waals surface area contributed by atoms with Crippen LogP contribution in [-0.2, 0) is 4.79 Å². The van der Waals surface area contributed by atoms with Crippen LogP contribution in [0.1, 0.15) is 24.6 Å². The Labute approximate surface area is 107 Å². The largest absolute Gasteiger partial charge is 0.332 e. The number of aromatic nitrogens is 2. The van der Waals surface area contributed by atoms with E-state index in [4.69, 9.17) is 4.52 Å². The van der Waals surface area contributed by atoms with Crippen LogP contribution in [0.3, 0.4) is 0 Å². The topological polar surface area (TPSA) is 80.4 Å². The van der Waals surface area contributed by atoms with Crippen molar-refractivity contribution in [3.8, 4) is 0 Å². The summed E-state index contributed by atoms with van der Waals surface area (Å²) >= 11 is 6.39. The smallest absolute Gasteiger partial charge is 0.274 e. The van der Waals surface area contributed by atoms with Crippen LogP contribution in [0.25, 0.3) is 6.08 Å². The van der Waals surface area contributed by atoms with Crippen molar-refractivity contribution in [1.29, 1.82) is 0 Å². The van der Waals surface area contributed by atoms with Crippen LogP contribution >= 0.6 is 31.9 Å². The lowest BCUT2D eigenvalue weighted by Gasteiger charge is -2.07. The monoisotopic (exact) mass is 348 g/mol. The van der Waals surface area contributed by atoms with Crippen molar-refractivity contribution in [3.63, 3.8) is 0 Å². The van der Waals surface area contributed by atoms with Gasteiger partial charge >= 0.3 is 0 Å². The molecular formula is C8H6Br2N4O2. The molecular weight excluding hydrogens is 344 g/mol. The van der Waals surface area contributed by atoms with E-state index >= 15 is 0 Å². The van der Waals surface area contributed by atoms with Crippen LogP contribution in [0.15, 0.2) is 13.0 Å². The first-order chi connectivity index (χ1) is 7.65. The molecule has 6 nitrogen and oxygen atoms in total. The van der Waals surface area contributed by atoms with Crippen molar-refractivity contribution in [2.45, 2.75) is 12.8 Å². The third-order valence-corrected chi connectivity index (χ3v) is 2.29. The van der Waals surface area contributed by atoms with Gasteiger partial charge in [0.15, 0.2) is 5.82 Å². The van der Waals surface area contributed by atoms with Gasteiger partial charge in [0, 0.05) is 18.9 Å². The first-order valence-corrected chi connectivity index (χ1v) is 5.96. The number of hydrogen-bond acceptors (Lipinski definition) is 5. The van der Waals surface area contributed by atoms with E-state index in [-0.39, 0.29) is 5.91 Å². The number of hydrogen-bond donors (Lipinski definition) is 1. The lowest BCUT2D eigenvalue weighted by molar-refractivity contribution is -0.121. The zero-order valence-electron chi connectivity index (χ0n) is 7.91.